The smallest absolute Gasteiger partial charge is 0.140 e. The molecule has 0 aliphatic carbocycles. The van der Waals surface area contributed by atoms with Gasteiger partial charge in [-0.15, -0.1) is 11.3 Å². The summed E-state index contributed by atoms with van der Waals surface area (Å²) < 4.78 is 5.73. The second-order valence-electron chi connectivity index (χ2n) is 4.86. The highest BCUT2D eigenvalue weighted by Gasteiger charge is 2.03. The summed E-state index contributed by atoms with van der Waals surface area (Å²) in [5, 5.41) is 6.53. The normalized spacial score (nSPS) is 10.7. The molecule has 1 N–H and O–H groups in total. The molecule has 0 unspecified atom stereocenters. The molecule has 0 radical (unpaired) electrons. The van der Waals surface area contributed by atoms with Crippen molar-refractivity contribution in [2.75, 3.05) is 6.54 Å². The highest BCUT2D eigenvalue weighted by Crippen LogP contribution is 2.16. The van der Waals surface area contributed by atoms with Crippen LogP contribution in [-0.4, -0.2) is 11.5 Å². The third-order valence-corrected chi connectivity index (χ3v) is 3.87. The number of nitrogens with one attached hydrogen (secondary N) is 1. The van der Waals surface area contributed by atoms with E-state index in [4.69, 9.17) is 4.74 Å². The van der Waals surface area contributed by atoms with Crippen LogP contribution in [0.15, 0.2) is 29.6 Å². The van der Waals surface area contributed by atoms with Gasteiger partial charge in [-0.1, -0.05) is 31.0 Å². The minimum absolute atomic E-state index is 0.544. The summed E-state index contributed by atoms with van der Waals surface area (Å²) in [5.41, 5.74) is 2.35. The van der Waals surface area contributed by atoms with Crippen molar-refractivity contribution in [1.29, 1.82) is 0 Å². The highest BCUT2D eigenvalue weighted by molar-refractivity contribution is 7.09. The van der Waals surface area contributed by atoms with Gasteiger partial charge in [0.1, 0.15) is 17.4 Å². The minimum Gasteiger partial charge on any atom is -0.486 e. The van der Waals surface area contributed by atoms with Crippen LogP contribution in [0.3, 0.4) is 0 Å². The summed E-state index contributed by atoms with van der Waals surface area (Å²) in [6, 6.07) is 8.10. The predicted octanol–water partition coefficient (Wildman–Crippen LogP) is 3.92. The molecule has 1 heterocycles. The van der Waals surface area contributed by atoms with E-state index in [0.29, 0.717) is 6.61 Å². The molecule has 1 aromatic carbocycles. The van der Waals surface area contributed by atoms with Crippen molar-refractivity contribution < 1.29 is 4.74 Å². The van der Waals surface area contributed by atoms with Crippen molar-refractivity contribution in [1.82, 2.24) is 10.3 Å². The Balaban J connectivity index is 1.76. The average Bonchev–Trinajstić information content (AvgIpc) is 2.91. The number of hydrogen-bond donors (Lipinski definition) is 1. The van der Waals surface area contributed by atoms with E-state index in [2.05, 4.69) is 41.7 Å². The number of unbranched alkanes of at least 4 members (excludes halogenated alkanes) is 1. The lowest BCUT2D eigenvalue weighted by Crippen LogP contribution is -2.14. The lowest BCUT2D eigenvalue weighted by Gasteiger charge is -2.04. The predicted molar refractivity (Wildman–Crippen MR) is 84.2 cm³/mol. The molecule has 0 saturated heterocycles. The zero-order valence-corrected chi connectivity index (χ0v) is 13.0. The average molecular weight is 290 g/mol. The number of nitrogens with zero attached hydrogens (tertiary/aromatic N) is 1. The zero-order valence-electron chi connectivity index (χ0n) is 12.2. The SMILES string of the molecule is CCCCNCc1csc(COc2ccc(C)cc2)n1. The second kappa shape index (κ2) is 8.02. The molecule has 0 fully saturated rings. The Hall–Kier alpha value is -1.39. The fourth-order valence-electron chi connectivity index (χ4n) is 1.79. The van der Waals surface area contributed by atoms with Crippen molar-refractivity contribution in [2.45, 2.75) is 39.8 Å². The van der Waals surface area contributed by atoms with Crippen LogP contribution in [0.4, 0.5) is 0 Å². The van der Waals surface area contributed by atoms with Crippen LogP contribution in [-0.2, 0) is 13.2 Å². The van der Waals surface area contributed by atoms with Gasteiger partial charge in [0.05, 0.1) is 5.69 Å². The van der Waals surface area contributed by atoms with Gasteiger partial charge in [0.15, 0.2) is 0 Å². The third kappa shape index (κ3) is 4.94. The van der Waals surface area contributed by atoms with Crippen molar-refractivity contribution in [2.24, 2.45) is 0 Å². The van der Waals surface area contributed by atoms with Crippen LogP contribution in [0.25, 0.3) is 0 Å². The van der Waals surface area contributed by atoms with Crippen molar-refractivity contribution >= 4 is 11.3 Å². The number of thiazole rings is 1. The Morgan fingerprint density at radius 1 is 1.25 bits per heavy atom. The largest absolute Gasteiger partial charge is 0.486 e. The molecule has 0 bridgehead atoms. The molecular formula is C16H22N2OS. The number of hydrogen-bond acceptors (Lipinski definition) is 4. The lowest BCUT2D eigenvalue weighted by atomic mass is 10.2. The van der Waals surface area contributed by atoms with E-state index in [0.717, 1.165) is 29.5 Å². The lowest BCUT2D eigenvalue weighted by molar-refractivity contribution is 0.305. The van der Waals surface area contributed by atoms with Gasteiger partial charge in [-0.05, 0) is 32.0 Å². The quantitative estimate of drug-likeness (QED) is 0.748. The van der Waals surface area contributed by atoms with Crippen LogP contribution < -0.4 is 10.1 Å². The maximum absolute atomic E-state index is 5.73. The van der Waals surface area contributed by atoms with E-state index in [1.54, 1.807) is 11.3 Å². The molecule has 0 spiro atoms. The van der Waals surface area contributed by atoms with Crippen LogP contribution in [0.1, 0.15) is 36.0 Å². The molecule has 0 amide bonds. The van der Waals surface area contributed by atoms with Gasteiger partial charge in [0.25, 0.3) is 0 Å². The van der Waals surface area contributed by atoms with Crippen molar-refractivity contribution in [3.8, 4) is 5.75 Å². The van der Waals surface area contributed by atoms with Gasteiger partial charge in [0, 0.05) is 11.9 Å². The van der Waals surface area contributed by atoms with Crippen LogP contribution >= 0.6 is 11.3 Å². The molecule has 3 nitrogen and oxygen atoms in total. The fourth-order valence-corrected chi connectivity index (χ4v) is 2.50. The number of aromatic nitrogens is 1. The Morgan fingerprint density at radius 3 is 2.80 bits per heavy atom. The van der Waals surface area contributed by atoms with E-state index >= 15 is 0 Å². The molecule has 108 valence electrons. The van der Waals surface area contributed by atoms with E-state index in [1.165, 1.54) is 18.4 Å². The Morgan fingerprint density at radius 2 is 2.05 bits per heavy atom. The fraction of sp³-hybridized carbons (Fsp3) is 0.438. The summed E-state index contributed by atoms with van der Waals surface area (Å²) >= 11 is 1.66. The molecular weight excluding hydrogens is 268 g/mol. The molecule has 1 aromatic heterocycles. The number of ether oxygens (including phenoxy) is 1. The molecule has 0 aliphatic heterocycles. The van der Waals surface area contributed by atoms with Gasteiger partial charge < -0.3 is 10.1 Å². The van der Waals surface area contributed by atoms with E-state index < -0.39 is 0 Å². The topological polar surface area (TPSA) is 34.1 Å². The number of benzene rings is 1. The molecule has 0 saturated carbocycles. The maximum atomic E-state index is 5.73. The first-order valence-corrected chi connectivity index (χ1v) is 7.99. The first-order valence-electron chi connectivity index (χ1n) is 7.11. The van der Waals surface area contributed by atoms with Crippen LogP contribution in [0.2, 0.25) is 0 Å². The van der Waals surface area contributed by atoms with Gasteiger partial charge in [-0.3, -0.25) is 0 Å². The zero-order chi connectivity index (χ0) is 14.2. The van der Waals surface area contributed by atoms with Crippen LogP contribution in [0, 0.1) is 6.92 Å². The first-order chi connectivity index (χ1) is 9.78. The number of rotatable bonds is 8. The summed E-state index contributed by atoms with van der Waals surface area (Å²) in [7, 11) is 0. The second-order valence-corrected chi connectivity index (χ2v) is 5.81. The Kier molecular flexibility index (Phi) is 6.02. The van der Waals surface area contributed by atoms with Crippen LogP contribution in [0.5, 0.6) is 5.75 Å². The monoisotopic (exact) mass is 290 g/mol. The Bertz CT molecular complexity index is 507. The molecule has 0 aliphatic rings. The standard InChI is InChI=1S/C16H22N2OS/c1-3-4-9-17-10-14-12-20-16(18-14)11-19-15-7-5-13(2)6-8-15/h5-8,12,17H,3-4,9-11H2,1-2H3. The Labute approximate surface area is 125 Å². The molecule has 2 aromatic rings. The summed E-state index contributed by atoms with van der Waals surface area (Å²) in [6.07, 6.45) is 2.44. The van der Waals surface area contributed by atoms with Gasteiger partial charge in [-0.25, -0.2) is 4.98 Å². The van der Waals surface area contributed by atoms with Gasteiger partial charge in [0.2, 0.25) is 0 Å². The molecule has 0 atom stereocenters. The van der Waals surface area contributed by atoms with E-state index in [-0.39, 0.29) is 0 Å². The van der Waals surface area contributed by atoms with Gasteiger partial charge in [-0.2, -0.15) is 0 Å². The molecule has 20 heavy (non-hydrogen) atoms. The third-order valence-electron chi connectivity index (χ3n) is 3.00. The number of aryl methyl sites for hydroxylation is 1. The summed E-state index contributed by atoms with van der Waals surface area (Å²) in [5.74, 6) is 0.897. The molecule has 2 rings (SSSR count). The van der Waals surface area contributed by atoms with E-state index in [1.807, 2.05) is 12.1 Å². The minimum atomic E-state index is 0.544. The first kappa shape index (κ1) is 15.0. The summed E-state index contributed by atoms with van der Waals surface area (Å²) in [4.78, 5) is 4.57. The highest BCUT2D eigenvalue weighted by atomic mass is 32.1. The van der Waals surface area contributed by atoms with Crippen molar-refractivity contribution in [3.63, 3.8) is 0 Å². The van der Waals surface area contributed by atoms with Crippen molar-refractivity contribution in [3.05, 3.63) is 45.9 Å². The van der Waals surface area contributed by atoms with E-state index in [9.17, 15) is 0 Å². The molecule has 4 heteroatoms. The van der Waals surface area contributed by atoms with Gasteiger partial charge >= 0.3 is 0 Å². The summed E-state index contributed by atoms with van der Waals surface area (Å²) in [6.45, 7) is 6.72. The maximum Gasteiger partial charge on any atom is 0.140 e.